The molecule has 0 heterocycles. The average molecular weight is 601 g/mol. The molecule has 0 saturated heterocycles. The lowest BCUT2D eigenvalue weighted by Crippen LogP contribution is -2.44. The highest BCUT2D eigenvalue weighted by molar-refractivity contribution is 7.99. The predicted molar refractivity (Wildman–Crippen MR) is 157 cm³/mol. The number of esters is 4. The van der Waals surface area contributed by atoms with E-state index in [1.54, 1.807) is 47.0 Å². The van der Waals surface area contributed by atoms with Crippen LogP contribution < -0.4 is 0 Å². The molecule has 0 atom stereocenters. The molecule has 0 unspecified atom stereocenters. The molecule has 0 aliphatic carbocycles. The Balaban J connectivity index is 5.45. The number of rotatable bonds is 24. The van der Waals surface area contributed by atoms with Gasteiger partial charge in [-0.1, -0.05) is 27.7 Å². The van der Waals surface area contributed by atoms with Gasteiger partial charge in [-0.2, -0.15) is 47.0 Å². The van der Waals surface area contributed by atoms with Gasteiger partial charge in [0.1, 0.15) is 31.8 Å². The van der Waals surface area contributed by atoms with Crippen molar-refractivity contribution in [2.75, 3.05) is 72.5 Å². The van der Waals surface area contributed by atoms with Gasteiger partial charge in [-0.05, 0) is 23.0 Å². The maximum absolute atomic E-state index is 12.3. The topological polar surface area (TPSA) is 105 Å². The van der Waals surface area contributed by atoms with Gasteiger partial charge in [0.15, 0.2) is 0 Å². The average Bonchev–Trinajstić information content (AvgIpc) is 2.88. The summed E-state index contributed by atoms with van der Waals surface area (Å²) < 4.78 is 22.0. The van der Waals surface area contributed by atoms with Crippen molar-refractivity contribution in [3.8, 4) is 0 Å². The number of hydrogen-bond acceptors (Lipinski definition) is 12. The summed E-state index contributed by atoms with van der Waals surface area (Å²) in [5, 5.41) is 0. The van der Waals surface area contributed by atoms with Crippen molar-refractivity contribution in [3.63, 3.8) is 0 Å². The Hall–Kier alpha value is -0.720. The Morgan fingerprint density at radius 1 is 0.459 bits per heavy atom. The van der Waals surface area contributed by atoms with Crippen molar-refractivity contribution < 1.29 is 38.1 Å². The van der Waals surface area contributed by atoms with E-state index in [4.69, 9.17) is 18.9 Å². The van der Waals surface area contributed by atoms with E-state index in [1.807, 2.05) is 27.7 Å². The summed E-state index contributed by atoms with van der Waals surface area (Å²) in [6.07, 6.45) is 0.907. The Morgan fingerprint density at radius 2 is 0.676 bits per heavy atom. The highest BCUT2D eigenvalue weighted by Crippen LogP contribution is 2.23. The summed E-state index contributed by atoms with van der Waals surface area (Å²) in [6, 6.07) is 0. The van der Waals surface area contributed by atoms with Gasteiger partial charge in [-0.3, -0.25) is 19.2 Å². The van der Waals surface area contributed by atoms with Crippen LogP contribution in [-0.4, -0.2) is 96.3 Å². The molecule has 0 spiro atoms. The Labute approximate surface area is 239 Å². The van der Waals surface area contributed by atoms with Crippen LogP contribution in [0.3, 0.4) is 0 Å². The maximum atomic E-state index is 12.3. The van der Waals surface area contributed by atoms with Crippen LogP contribution in [0.15, 0.2) is 0 Å². The van der Waals surface area contributed by atoms with Gasteiger partial charge in [-0.15, -0.1) is 0 Å². The molecule has 0 fully saturated rings. The lowest BCUT2D eigenvalue weighted by molar-refractivity contribution is -0.170. The molecule has 0 rings (SSSR count). The summed E-state index contributed by atoms with van der Waals surface area (Å²) in [7, 11) is 0. The van der Waals surface area contributed by atoms with Crippen LogP contribution in [0.5, 0.6) is 0 Å². The van der Waals surface area contributed by atoms with Gasteiger partial charge in [-0.25, -0.2) is 0 Å². The van der Waals surface area contributed by atoms with E-state index < -0.39 is 29.3 Å². The number of thioether (sulfide) groups is 4. The van der Waals surface area contributed by atoms with Gasteiger partial charge in [0, 0.05) is 23.0 Å². The Kier molecular flexibility index (Phi) is 23.9. The third-order valence-electron chi connectivity index (χ3n) is 4.78. The molecule has 0 amide bonds. The molecule has 0 N–H and O–H groups in total. The first-order valence-electron chi connectivity index (χ1n) is 12.8. The van der Waals surface area contributed by atoms with E-state index >= 15 is 0 Å². The third kappa shape index (κ3) is 20.9. The van der Waals surface area contributed by atoms with E-state index in [9.17, 15) is 19.2 Å². The summed E-state index contributed by atoms with van der Waals surface area (Å²) >= 11 is 6.50. The molecule has 216 valence electrons. The molecule has 0 aliphatic heterocycles. The molecule has 0 radical (unpaired) electrons. The molecule has 8 nitrogen and oxygen atoms in total. The molecule has 0 aliphatic rings. The summed E-state index contributed by atoms with van der Waals surface area (Å²) in [4.78, 5) is 49.3. The fourth-order valence-electron chi connectivity index (χ4n) is 2.67. The number of carbonyl (C=O) groups excluding carboxylic acids is 4. The molecule has 12 heteroatoms. The van der Waals surface area contributed by atoms with E-state index in [-0.39, 0.29) is 52.1 Å². The van der Waals surface area contributed by atoms with Crippen molar-refractivity contribution in [2.24, 2.45) is 5.41 Å². The van der Waals surface area contributed by atoms with Crippen LogP contribution in [0.25, 0.3) is 0 Å². The smallest absolute Gasteiger partial charge is 0.306 e. The van der Waals surface area contributed by atoms with Crippen molar-refractivity contribution in [1.29, 1.82) is 0 Å². The monoisotopic (exact) mass is 600 g/mol. The summed E-state index contributed by atoms with van der Waals surface area (Å²) in [6.45, 7) is 7.23. The van der Waals surface area contributed by atoms with Crippen LogP contribution in [0.4, 0.5) is 0 Å². The zero-order chi connectivity index (χ0) is 27.8. The normalized spacial score (nSPS) is 11.1. The van der Waals surface area contributed by atoms with Crippen molar-refractivity contribution in [2.45, 2.75) is 53.4 Å². The number of ether oxygens (including phenoxy) is 4. The minimum Gasteiger partial charge on any atom is -0.465 e. The van der Waals surface area contributed by atoms with Gasteiger partial charge in [0.05, 0.1) is 25.7 Å². The van der Waals surface area contributed by atoms with E-state index in [1.165, 1.54) is 0 Å². The molecule has 0 aromatic carbocycles. The largest absolute Gasteiger partial charge is 0.465 e. The van der Waals surface area contributed by atoms with Crippen LogP contribution in [0, 0.1) is 5.41 Å². The second kappa shape index (κ2) is 24.3. The fraction of sp³-hybridized carbons (Fsp3) is 0.840. The molecular weight excluding hydrogens is 557 g/mol. The van der Waals surface area contributed by atoms with Crippen molar-refractivity contribution in [3.05, 3.63) is 0 Å². The van der Waals surface area contributed by atoms with E-state index in [0.29, 0.717) is 23.0 Å². The maximum Gasteiger partial charge on any atom is 0.306 e. The lowest BCUT2D eigenvalue weighted by atomic mass is 9.92. The minimum atomic E-state index is -1.19. The minimum absolute atomic E-state index is 0.201. The highest BCUT2D eigenvalue weighted by Gasteiger charge is 2.38. The van der Waals surface area contributed by atoms with Crippen LogP contribution in [0.1, 0.15) is 53.4 Å². The first-order valence-corrected chi connectivity index (χ1v) is 17.4. The van der Waals surface area contributed by atoms with E-state index in [0.717, 1.165) is 23.0 Å². The first kappa shape index (κ1) is 36.3. The quantitative estimate of drug-likeness (QED) is 0.0870. The zero-order valence-electron chi connectivity index (χ0n) is 22.7. The SMILES string of the molecule is CCSCCC(=O)OCC(COC(=O)CCSCC)(COC(=O)CCSCC)COC(=O)CCSCC. The standard InChI is InChI=1S/C25H44O8S4/c1-5-34-13-9-21(26)30-17-25(18-31-22(27)10-14-35-6-2,19-32-23(28)11-15-36-7-3)20-33-24(29)12-16-37-8-4/h5-20H2,1-4H3. The van der Waals surface area contributed by atoms with Crippen molar-refractivity contribution >= 4 is 70.9 Å². The fourth-order valence-corrected chi connectivity index (χ4v) is 5.07. The Bertz CT molecular complexity index is 539. The third-order valence-corrected chi connectivity index (χ3v) is 8.38. The van der Waals surface area contributed by atoms with E-state index in [2.05, 4.69) is 0 Å². The lowest BCUT2D eigenvalue weighted by Gasteiger charge is -2.31. The summed E-state index contributed by atoms with van der Waals surface area (Å²) in [5.74, 6) is 4.43. The van der Waals surface area contributed by atoms with Crippen LogP contribution in [-0.2, 0) is 38.1 Å². The molecule has 0 aromatic heterocycles. The summed E-state index contributed by atoms with van der Waals surface area (Å²) in [5.41, 5.74) is -1.19. The molecular formula is C25H44O8S4. The second-order valence-corrected chi connectivity index (χ2v) is 13.5. The van der Waals surface area contributed by atoms with Crippen LogP contribution >= 0.6 is 47.0 Å². The molecule has 0 bridgehead atoms. The number of carbonyl (C=O) groups is 4. The molecule has 37 heavy (non-hydrogen) atoms. The predicted octanol–water partition coefficient (Wildman–Crippen LogP) is 4.72. The number of hydrogen-bond donors (Lipinski definition) is 0. The van der Waals surface area contributed by atoms with Gasteiger partial charge >= 0.3 is 23.9 Å². The highest BCUT2D eigenvalue weighted by atomic mass is 32.2. The van der Waals surface area contributed by atoms with Crippen LogP contribution in [0.2, 0.25) is 0 Å². The zero-order valence-corrected chi connectivity index (χ0v) is 26.0. The second-order valence-electron chi connectivity index (χ2n) is 7.93. The molecule has 0 aromatic rings. The van der Waals surface area contributed by atoms with Crippen molar-refractivity contribution in [1.82, 2.24) is 0 Å². The Morgan fingerprint density at radius 3 is 0.865 bits per heavy atom. The first-order chi connectivity index (χ1) is 17.8. The van der Waals surface area contributed by atoms with Gasteiger partial charge in [0.25, 0.3) is 0 Å². The van der Waals surface area contributed by atoms with Gasteiger partial charge in [0.2, 0.25) is 0 Å². The van der Waals surface area contributed by atoms with Gasteiger partial charge < -0.3 is 18.9 Å². The molecule has 0 saturated carbocycles.